The maximum Gasteiger partial charge on any atom is 0.251 e. The van der Waals surface area contributed by atoms with Gasteiger partial charge in [0.05, 0.1) is 6.61 Å². The summed E-state index contributed by atoms with van der Waals surface area (Å²) in [6, 6.07) is 21.6. The number of para-hydroxylation sites is 1. The topological polar surface area (TPSA) is 78.8 Å². The van der Waals surface area contributed by atoms with Gasteiger partial charge in [-0.05, 0) is 48.0 Å². The Morgan fingerprint density at radius 2 is 1.62 bits per heavy atom. The Hall–Kier alpha value is -3.31. The van der Waals surface area contributed by atoms with Gasteiger partial charge in [0, 0.05) is 23.1 Å². The van der Waals surface area contributed by atoms with Gasteiger partial charge in [0.25, 0.3) is 5.91 Å². The normalized spacial score (nSPS) is 11.1. The minimum Gasteiger partial charge on any atom is -0.508 e. The van der Waals surface area contributed by atoms with Crippen molar-refractivity contribution >= 4 is 5.91 Å². The van der Waals surface area contributed by atoms with Crippen LogP contribution in [0.3, 0.4) is 0 Å². The van der Waals surface area contributed by atoms with Crippen LogP contribution in [0.4, 0.5) is 0 Å². The minimum absolute atomic E-state index is 0.0688. The number of amides is 1. The number of aromatic hydroxyl groups is 1. The third-order valence-electron chi connectivity index (χ3n) is 4.74. The van der Waals surface area contributed by atoms with Crippen LogP contribution in [0.5, 0.6) is 17.2 Å². The molecule has 0 aromatic heterocycles. The zero-order valence-corrected chi connectivity index (χ0v) is 16.6. The van der Waals surface area contributed by atoms with Crippen LogP contribution in [0.1, 0.15) is 35.3 Å². The van der Waals surface area contributed by atoms with Crippen molar-refractivity contribution in [2.75, 3.05) is 6.61 Å². The van der Waals surface area contributed by atoms with Crippen molar-refractivity contribution in [2.45, 2.75) is 25.8 Å². The Morgan fingerprint density at radius 1 is 0.966 bits per heavy atom. The number of hydrogen-bond acceptors (Lipinski definition) is 4. The van der Waals surface area contributed by atoms with Crippen LogP contribution < -0.4 is 10.1 Å². The van der Waals surface area contributed by atoms with Crippen molar-refractivity contribution in [1.82, 2.24) is 5.32 Å². The number of rotatable bonds is 7. The molecule has 0 heterocycles. The molecule has 0 fully saturated rings. The fraction of sp³-hybridized carbons (Fsp3) is 0.208. The molecular formula is C24H25NO4. The van der Waals surface area contributed by atoms with Crippen molar-refractivity contribution < 1.29 is 19.7 Å². The molecule has 0 saturated heterocycles. The number of carbonyl (C=O) groups is 1. The first-order valence-corrected chi connectivity index (χ1v) is 9.43. The van der Waals surface area contributed by atoms with Crippen LogP contribution in [-0.2, 0) is 12.0 Å². The molecule has 150 valence electrons. The first-order chi connectivity index (χ1) is 13.9. The number of aliphatic hydroxyl groups is 1. The Labute approximate surface area is 170 Å². The monoisotopic (exact) mass is 391 g/mol. The van der Waals surface area contributed by atoms with Crippen LogP contribution in [0.15, 0.2) is 72.8 Å². The van der Waals surface area contributed by atoms with Crippen LogP contribution in [-0.4, -0.2) is 22.7 Å². The molecule has 29 heavy (non-hydrogen) atoms. The van der Waals surface area contributed by atoms with Gasteiger partial charge in [0.15, 0.2) is 0 Å². The molecule has 0 aliphatic heterocycles. The number of phenols is 1. The number of hydrogen-bond donors (Lipinski definition) is 3. The molecule has 0 aliphatic carbocycles. The van der Waals surface area contributed by atoms with E-state index in [1.807, 2.05) is 50.2 Å². The Morgan fingerprint density at radius 3 is 2.24 bits per heavy atom. The van der Waals surface area contributed by atoms with Gasteiger partial charge in [-0.15, -0.1) is 0 Å². The van der Waals surface area contributed by atoms with Crippen molar-refractivity contribution in [3.63, 3.8) is 0 Å². The van der Waals surface area contributed by atoms with E-state index in [2.05, 4.69) is 5.32 Å². The number of aliphatic hydroxyl groups excluding tert-OH is 1. The van der Waals surface area contributed by atoms with Crippen molar-refractivity contribution in [1.29, 1.82) is 0 Å². The summed E-state index contributed by atoms with van der Waals surface area (Å²) in [4.78, 5) is 12.4. The Balaban J connectivity index is 1.60. The molecule has 0 radical (unpaired) electrons. The van der Waals surface area contributed by atoms with Gasteiger partial charge >= 0.3 is 0 Å². The maximum atomic E-state index is 12.4. The summed E-state index contributed by atoms with van der Waals surface area (Å²) in [5.41, 5.74) is 1.43. The maximum absolute atomic E-state index is 12.4. The lowest BCUT2D eigenvalue weighted by molar-refractivity contribution is 0.0951. The number of ether oxygens (including phenoxy) is 1. The molecule has 0 bridgehead atoms. The van der Waals surface area contributed by atoms with E-state index in [0.29, 0.717) is 16.9 Å². The van der Waals surface area contributed by atoms with Gasteiger partial charge in [-0.2, -0.15) is 0 Å². The smallest absolute Gasteiger partial charge is 0.251 e. The molecule has 5 nitrogen and oxygen atoms in total. The summed E-state index contributed by atoms with van der Waals surface area (Å²) in [5, 5.41) is 22.6. The third-order valence-corrected chi connectivity index (χ3v) is 4.74. The Kier molecular flexibility index (Phi) is 6.20. The molecule has 0 aliphatic rings. The number of benzene rings is 3. The summed E-state index contributed by atoms with van der Waals surface area (Å²) in [6.45, 7) is 3.93. The molecular weight excluding hydrogens is 366 g/mol. The van der Waals surface area contributed by atoms with E-state index in [0.717, 1.165) is 11.3 Å². The molecule has 5 heteroatoms. The van der Waals surface area contributed by atoms with Gasteiger partial charge in [-0.25, -0.2) is 0 Å². The molecule has 0 saturated carbocycles. The molecule has 0 unspecified atom stereocenters. The van der Waals surface area contributed by atoms with E-state index >= 15 is 0 Å². The summed E-state index contributed by atoms with van der Waals surface area (Å²) >= 11 is 0. The van der Waals surface area contributed by atoms with Crippen molar-refractivity contribution in [2.24, 2.45) is 0 Å². The first-order valence-electron chi connectivity index (χ1n) is 9.43. The number of nitrogens with one attached hydrogen (secondary N) is 1. The van der Waals surface area contributed by atoms with E-state index in [1.54, 1.807) is 36.4 Å². The molecule has 3 N–H and O–H groups in total. The third kappa shape index (κ3) is 5.15. The molecule has 1 amide bonds. The highest BCUT2D eigenvalue weighted by Gasteiger charge is 2.23. The summed E-state index contributed by atoms with van der Waals surface area (Å²) in [6.07, 6.45) is 0. The minimum atomic E-state index is -0.532. The summed E-state index contributed by atoms with van der Waals surface area (Å²) in [5.74, 6) is 1.28. The fourth-order valence-corrected chi connectivity index (χ4v) is 2.93. The lowest BCUT2D eigenvalue weighted by Gasteiger charge is -2.23. The molecule has 3 aromatic carbocycles. The summed E-state index contributed by atoms with van der Waals surface area (Å²) < 4.78 is 5.73. The highest BCUT2D eigenvalue weighted by molar-refractivity contribution is 5.94. The lowest BCUT2D eigenvalue weighted by Crippen LogP contribution is -2.24. The van der Waals surface area contributed by atoms with Crippen LogP contribution in [0.2, 0.25) is 0 Å². The van der Waals surface area contributed by atoms with Gasteiger partial charge in [-0.1, -0.05) is 44.2 Å². The number of phenolic OH excluding ortho intramolecular Hbond substituents is 1. The summed E-state index contributed by atoms with van der Waals surface area (Å²) in [7, 11) is 0. The lowest BCUT2D eigenvalue weighted by atomic mass is 9.84. The predicted molar refractivity (Wildman–Crippen MR) is 112 cm³/mol. The standard InChI is InChI=1S/C24H25NO4/c1-24(2,16-26)21-13-8-17(14-22(21)27)15-25-23(28)18-9-11-20(12-10-18)29-19-6-4-3-5-7-19/h3-14,26-27H,15-16H2,1-2H3,(H,25,28). The first kappa shape index (κ1) is 20.4. The van der Waals surface area contributed by atoms with E-state index in [-0.39, 0.29) is 24.8 Å². The highest BCUT2D eigenvalue weighted by atomic mass is 16.5. The zero-order chi connectivity index (χ0) is 20.9. The van der Waals surface area contributed by atoms with Crippen LogP contribution >= 0.6 is 0 Å². The molecule has 0 atom stereocenters. The van der Waals surface area contributed by atoms with Gasteiger partial charge < -0.3 is 20.3 Å². The second-order valence-corrected chi connectivity index (χ2v) is 7.52. The van der Waals surface area contributed by atoms with Gasteiger partial charge in [0.2, 0.25) is 0 Å². The van der Waals surface area contributed by atoms with Gasteiger partial charge in [-0.3, -0.25) is 4.79 Å². The second-order valence-electron chi connectivity index (χ2n) is 7.52. The van der Waals surface area contributed by atoms with Crippen LogP contribution in [0, 0.1) is 0 Å². The van der Waals surface area contributed by atoms with Crippen molar-refractivity contribution in [3.8, 4) is 17.2 Å². The van der Waals surface area contributed by atoms with E-state index < -0.39 is 5.41 Å². The second kappa shape index (κ2) is 8.80. The number of carbonyl (C=O) groups excluding carboxylic acids is 1. The molecule has 0 spiro atoms. The van der Waals surface area contributed by atoms with E-state index in [4.69, 9.17) is 4.74 Å². The Bertz CT molecular complexity index is 966. The average Bonchev–Trinajstić information content (AvgIpc) is 2.73. The van der Waals surface area contributed by atoms with E-state index in [9.17, 15) is 15.0 Å². The predicted octanol–water partition coefficient (Wildman–Crippen LogP) is 4.38. The largest absolute Gasteiger partial charge is 0.508 e. The molecule has 3 rings (SSSR count). The fourth-order valence-electron chi connectivity index (χ4n) is 2.93. The SMILES string of the molecule is CC(C)(CO)c1ccc(CNC(=O)c2ccc(Oc3ccccc3)cc2)cc1O. The molecule has 3 aromatic rings. The van der Waals surface area contributed by atoms with E-state index in [1.165, 1.54) is 0 Å². The zero-order valence-electron chi connectivity index (χ0n) is 16.6. The average molecular weight is 391 g/mol. The highest BCUT2D eigenvalue weighted by Crippen LogP contribution is 2.31. The van der Waals surface area contributed by atoms with Gasteiger partial charge in [0.1, 0.15) is 17.2 Å². The van der Waals surface area contributed by atoms with Crippen molar-refractivity contribution in [3.05, 3.63) is 89.5 Å². The van der Waals surface area contributed by atoms with Crippen LogP contribution in [0.25, 0.3) is 0 Å². The quantitative estimate of drug-likeness (QED) is 0.558.